The molecule has 2 aromatic rings. The highest BCUT2D eigenvalue weighted by Gasteiger charge is 2.36. The van der Waals surface area contributed by atoms with Gasteiger partial charge in [0.25, 0.3) is 10.0 Å². The minimum absolute atomic E-state index is 0.109. The molecule has 2 aliphatic rings. The molecular weight excluding hydrogens is 355 g/mol. The molecule has 1 amide bonds. The quantitative estimate of drug-likeness (QED) is 0.893. The first kappa shape index (κ1) is 17.0. The number of fused-ring (bicyclic) bond motifs is 1. The van der Waals surface area contributed by atoms with Crippen molar-refractivity contribution in [1.29, 1.82) is 0 Å². The van der Waals surface area contributed by atoms with E-state index < -0.39 is 15.8 Å². The molecule has 0 saturated heterocycles. The van der Waals surface area contributed by atoms with Crippen LogP contribution < -0.4 is 9.62 Å². The molecule has 7 heteroatoms. The lowest BCUT2D eigenvalue weighted by Crippen LogP contribution is -2.30. The van der Waals surface area contributed by atoms with Crippen molar-refractivity contribution in [3.63, 3.8) is 0 Å². The second-order valence-electron chi connectivity index (χ2n) is 6.87. The van der Waals surface area contributed by atoms with Gasteiger partial charge >= 0.3 is 0 Å². The summed E-state index contributed by atoms with van der Waals surface area (Å²) < 4.78 is 41.3. The van der Waals surface area contributed by atoms with Crippen LogP contribution in [0, 0.1) is 18.7 Å². The normalized spacial score (nSPS) is 16.5. The van der Waals surface area contributed by atoms with Crippen molar-refractivity contribution >= 4 is 27.3 Å². The SMILES string of the molecule is Cc1ccc(NS(=O)(=O)c2ccc3c(c2)CCN3C(=O)C2CC2)cc1F. The molecule has 1 saturated carbocycles. The van der Waals surface area contributed by atoms with Gasteiger partial charge in [0.15, 0.2) is 0 Å². The molecule has 0 unspecified atom stereocenters. The summed E-state index contributed by atoms with van der Waals surface area (Å²) in [4.78, 5) is 14.2. The summed E-state index contributed by atoms with van der Waals surface area (Å²) in [6.07, 6.45) is 2.51. The zero-order valence-electron chi connectivity index (χ0n) is 14.3. The van der Waals surface area contributed by atoms with Crippen LogP contribution in [0.2, 0.25) is 0 Å². The van der Waals surface area contributed by atoms with Crippen molar-refractivity contribution in [2.24, 2.45) is 5.92 Å². The van der Waals surface area contributed by atoms with E-state index in [0.29, 0.717) is 18.5 Å². The largest absolute Gasteiger partial charge is 0.312 e. The van der Waals surface area contributed by atoms with Gasteiger partial charge in [0.2, 0.25) is 5.91 Å². The van der Waals surface area contributed by atoms with E-state index in [1.807, 2.05) is 0 Å². The number of rotatable bonds is 4. The van der Waals surface area contributed by atoms with Gasteiger partial charge < -0.3 is 4.90 Å². The summed E-state index contributed by atoms with van der Waals surface area (Å²) in [5.41, 5.74) is 2.27. The topological polar surface area (TPSA) is 66.5 Å². The van der Waals surface area contributed by atoms with Crippen LogP contribution in [-0.4, -0.2) is 20.9 Å². The van der Waals surface area contributed by atoms with Gasteiger partial charge in [-0.05, 0) is 67.6 Å². The molecule has 0 spiro atoms. The third-order valence-electron chi connectivity index (χ3n) is 4.87. The van der Waals surface area contributed by atoms with E-state index in [1.54, 1.807) is 24.0 Å². The highest BCUT2D eigenvalue weighted by molar-refractivity contribution is 7.92. The lowest BCUT2D eigenvalue weighted by molar-refractivity contribution is -0.119. The lowest BCUT2D eigenvalue weighted by atomic mass is 10.2. The molecule has 1 aliphatic heterocycles. The second kappa shape index (κ2) is 6.09. The van der Waals surface area contributed by atoms with Crippen LogP contribution in [0.15, 0.2) is 41.3 Å². The third kappa shape index (κ3) is 3.07. The fourth-order valence-electron chi connectivity index (χ4n) is 3.20. The second-order valence-corrected chi connectivity index (χ2v) is 8.56. The number of benzene rings is 2. The maximum Gasteiger partial charge on any atom is 0.261 e. The van der Waals surface area contributed by atoms with Crippen molar-refractivity contribution in [2.45, 2.75) is 31.1 Å². The Morgan fingerprint density at radius 2 is 1.96 bits per heavy atom. The predicted octanol–water partition coefficient (Wildman–Crippen LogP) is 3.23. The molecule has 0 bridgehead atoms. The number of hydrogen-bond acceptors (Lipinski definition) is 3. The standard InChI is InChI=1S/C19H19FN2O3S/c1-12-2-5-15(11-17(12)20)21-26(24,25)16-6-7-18-14(10-16)8-9-22(18)19(23)13-3-4-13/h2,5-7,10-11,13,21H,3-4,8-9H2,1H3. The molecule has 1 aliphatic carbocycles. The average Bonchev–Trinajstić information content (AvgIpc) is 3.36. The van der Waals surface area contributed by atoms with E-state index in [0.717, 1.165) is 30.2 Å². The van der Waals surface area contributed by atoms with E-state index in [1.165, 1.54) is 18.2 Å². The van der Waals surface area contributed by atoms with Crippen LogP contribution in [0.3, 0.4) is 0 Å². The fourth-order valence-corrected chi connectivity index (χ4v) is 4.30. The van der Waals surface area contributed by atoms with Crippen LogP contribution in [0.5, 0.6) is 0 Å². The molecule has 4 rings (SSSR count). The van der Waals surface area contributed by atoms with Gasteiger partial charge in [-0.3, -0.25) is 9.52 Å². The first-order chi connectivity index (χ1) is 12.3. The molecular formula is C19H19FN2O3S. The van der Waals surface area contributed by atoms with Gasteiger partial charge in [-0.25, -0.2) is 12.8 Å². The number of nitrogens with zero attached hydrogens (tertiary/aromatic N) is 1. The highest BCUT2D eigenvalue weighted by Crippen LogP contribution is 2.37. The van der Waals surface area contributed by atoms with Crippen molar-refractivity contribution < 1.29 is 17.6 Å². The van der Waals surface area contributed by atoms with Crippen LogP contribution >= 0.6 is 0 Å². The Bertz CT molecular complexity index is 1000. The van der Waals surface area contributed by atoms with Gasteiger partial charge in [0.1, 0.15) is 5.82 Å². The Balaban J connectivity index is 1.59. The van der Waals surface area contributed by atoms with Gasteiger partial charge in [-0.1, -0.05) is 6.07 Å². The van der Waals surface area contributed by atoms with Crippen LogP contribution in [0.1, 0.15) is 24.0 Å². The number of nitrogens with one attached hydrogen (secondary N) is 1. The van der Waals surface area contributed by atoms with Crippen LogP contribution in [0.25, 0.3) is 0 Å². The smallest absolute Gasteiger partial charge is 0.261 e. The number of aryl methyl sites for hydroxylation is 1. The van der Waals surface area contributed by atoms with E-state index in [2.05, 4.69) is 4.72 Å². The predicted molar refractivity (Wildman–Crippen MR) is 97.2 cm³/mol. The number of halogens is 1. The molecule has 0 aromatic heterocycles. The molecule has 2 aromatic carbocycles. The molecule has 5 nitrogen and oxygen atoms in total. The van der Waals surface area contributed by atoms with Crippen molar-refractivity contribution in [3.8, 4) is 0 Å². The summed E-state index contributed by atoms with van der Waals surface area (Å²) in [6.45, 7) is 2.20. The van der Waals surface area contributed by atoms with Gasteiger partial charge in [-0.15, -0.1) is 0 Å². The molecule has 0 atom stereocenters. The summed E-state index contributed by atoms with van der Waals surface area (Å²) in [7, 11) is -3.83. The van der Waals surface area contributed by atoms with Gasteiger partial charge in [0, 0.05) is 18.2 Å². The van der Waals surface area contributed by atoms with E-state index in [4.69, 9.17) is 0 Å². The fraction of sp³-hybridized carbons (Fsp3) is 0.316. The highest BCUT2D eigenvalue weighted by atomic mass is 32.2. The molecule has 1 N–H and O–H groups in total. The van der Waals surface area contributed by atoms with Gasteiger partial charge in [0.05, 0.1) is 10.6 Å². The summed E-state index contributed by atoms with van der Waals surface area (Å²) in [6, 6.07) is 8.99. The first-order valence-corrected chi connectivity index (χ1v) is 10.1. The van der Waals surface area contributed by atoms with Crippen molar-refractivity contribution in [3.05, 3.63) is 53.3 Å². The minimum atomic E-state index is -3.83. The number of anilines is 2. The van der Waals surface area contributed by atoms with Crippen molar-refractivity contribution in [2.75, 3.05) is 16.2 Å². The maximum absolute atomic E-state index is 13.7. The van der Waals surface area contributed by atoms with Crippen LogP contribution in [-0.2, 0) is 21.2 Å². The minimum Gasteiger partial charge on any atom is -0.312 e. The Morgan fingerprint density at radius 3 is 2.65 bits per heavy atom. The number of sulfonamides is 1. The van der Waals surface area contributed by atoms with E-state index >= 15 is 0 Å². The Morgan fingerprint density at radius 1 is 1.19 bits per heavy atom. The Labute approximate surface area is 151 Å². The average molecular weight is 374 g/mol. The molecule has 1 heterocycles. The number of hydrogen-bond donors (Lipinski definition) is 1. The molecule has 1 fully saturated rings. The van der Waals surface area contributed by atoms with Gasteiger partial charge in [-0.2, -0.15) is 0 Å². The summed E-state index contributed by atoms with van der Waals surface area (Å²) in [5, 5.41) is 0. The summed E-state index contributed by atoms with van der Waals surface area (Å²) >= 11 is 0. The number of carbonyl (C=O) groups is 1. The Kier molecular flexibility index (Phi) is 3.99. The molecule has 26 heavy (non-hydrogen) atoms. The maximum atomic E-state index is 13.7. The van der Waals surface area contributed by atoms with Crippen molar-refractivity contribution in [1.82, 2.24) is 0 Å². The lowest BCUT2D eigenvalue weighted by Gasteiger charge is -2.17. The number of amides is 1. The van der Waals surface area contributed by atoms with E-state index in [9.17, 15) is 17.6 Å². The molecule has 136 valence electrons. The zero-order valence-corrected chi connectivity index (χ0v) is 15.1. The monoisotopic (exact) mass is 374 g/mol. The summed E-state index contributed by atoms with van der Waals surface area (Å²) in [5.74, 6) is -0.205. The zero-order chi connectivity index (χ0) is 18.5. The number of carbonyl (C=O) groups excluding carboxylic acids is 1. The van der Waals surface area contributed by atoms with E-state index in [-0.39, 0.29) is 22.4 Å². The first-order valence-electron chi connectivity index (χ1n) is 8.58. The molecule has 0 radical (unpaired) electrons. The van der Waals surface area contributed by atoms with Crippen LogP contribution in [0.4, 0.5) is 15.8 Å². The Hall–Kier alpha value is -2.41. The third-order valence-corrected chi connectivity index (χ3v) is 6.25.